The Morgan fingerprint density at radius 2 is 1.84 bits per heavy atom. The van der Waals surface area contributed by atoms with Gasteiger partial charge in [0.15, 0.2) is 5.82 Å². The van der Waals surface area contributed by atoms with Crippen LogP contribution in [0.5, 0.6) is 5.75 Å². The van der Waals surface area contributed by atoms with Crippen LogP contribution in [0.1, 0.15) is 16.8 Å². The molecular weight excluding hydrogens is 388 g/mol. The maximum atomic E-state index is 5.28. The van der Waals surface area contributed by atoms with Crippen molar-refractivity contribution in [1.29, 1.82) is 0 Å². The summed E-state index contributed by atoms with van der Waals surface area (Å²) < 4.78 is 5.28. The summed E-state index contributed by atoms with van der Waals surface area (Å²) in [5, 5.41) is 3.55. The monoisotopic (exact) mass is 418 g/mol. The predicted molar refractivity (Wildman–Crippen MR) is 123 cm³/mol. The number of nitrogens with one attached hydrogen (secondary N) is 1. The molecule has 0 radical (unpaired) electrons. The average molecular weight is 419 g/mol. The number of anilines is 1. The molecule has 4 rings (SSSR count). The van der Waals surface area contributed by atoms with Gasteiger partial charge < -0.3 is 15.0 Å². The minimum atomic E-state index is 0.750. The van der Waals surface area contributed by atoms with Crippen LogP contribution in [0, 0.1) is 0 Å². The molecule has 2 aromatic heterocycles. The maximum Gasteiger partial charge on any atom is 0.161 e. The SMILES string of the molecule is COc1ccc(CN2CCc3c(nc(-c4ccncc4)nc3NCCN(C)C)C2)cc1. The van der Waals surface area contributed by atoms with Crippen LogP contribution in [0.25, 0.3) is 11.4 Å². The topological polar surface area (TPSA) is 66.4 Å². The minimum Gasteiger partial charge on any atom is -0.497 e. The lowest BCUT2D eigenvalue weighted by atomic mass is 10.0. The molecule has 1 N–H and O–H groups in total. The van der Waals surface area contributed by atoms with Crippen molar-refractivity contribution in [3.05, 3.63) is 65.6 Å². The number of nitrogens with zero attached hydrogens (tertiary/aromatic N) is 5. The molecule has 0 spiro atoms. The zero-order valence-electron chi connectivity index (χ0n) is 18.5. The van der Waals surface area contributed by atoms with E-state index in [1.807, 2.05) is 24.3 Å². The summed E-state index contributed by atoms with van der Waals surface area (Å²) in [6.07, 6.45) is 4.51. The standard InChI is InChI=1S/C24H30N6O/c1-29(2)15-13-26-24-21-10-14-30(16-18-4-6-20(31-3)7-5-18)17-22(21)27-23(28-24)19-8-11-25-12-9-19/h4-9,11-12H,10,13-17H2,1-3H3,(H,26,27,28). The first-order chi connectivity index (χ1) is 15.1. The molecular formula is C24H30N6O. The molecule has 3 aromatic rings. The minimum absolute atomic E-state index is 0.750. The number of pyridine rings is 1. The van der Waals surface area contributed by atoms with Gasteiger partial charge in [-0.15, -0.1) is 0 Å². The largest absolute Gasteiger partial charge is 0.497 e. The van der Waals surface area contributed by atoms with E-state index in [2.05, 4.69) is 46.3 Å². The molecule has 7 heteroatoms. The van der Waals surface area contributed by atoms with Gasteiger partial charge in [0.1, 0.15) is 11.6 Å². The van der Waals surface area contributed by atoms with Crippen LogP contribution in [-0.2, 0) is 19.5 Å². The first-order valence-corrected chi connectivity index (χ1v) is 10.7. The lowest BCUT2D eigenvalue weighted by molar-refractivity contribution is 0.241. The van der Waals surface area contributed by atoms with E-state index in [0.717, 1.165) is 67.8 Å². The van der Waals surface area contributed by atoms with E-state index < -0.39 is 0 Å². The van der Waals surface area contributed by atoms with Crippen LogP contribution < -0.4 is 10.1 Å². The van der Waals surface area contributed by atoms with Gasteiger partial charge in [0.25, 0.3) is 0 Å². The molecule has 1 aliphatic rings. The van der Waals surface area contributed by atoms with E-state index in [1.165, 1.54) is 11.1 Å². The molecule has 0 fully saturated rings. The highest BCUT2D eigenvalue weighted by Gasteiger charge is 2.23. The van der Waals surface area contributed by atoms with Crippen molar-refractivity contribution in [2.45, 2.75) is 19.5 Å². The predicted octanol–water partition coefficient (Wildman–Crippen LogP) is 3.08. The molecule has 0 amide bonds. The molecule has 31 heavy (non-hydrogen) atoms. The first kappa shape index (κ1) is 21.2. The fraction of sp³-hybridized carbons (Fsp3) is 0.375. The second kappa shape index (κ2) is 9.85. The number of aromatic nitrogens is 3. The molecule has 0 saturated carbocycles. The molecule has 0 saturated heterocycles. The number of methoxy groups -OCH3 is 1. The number of fused-ring (bicyclic) bond motifs is 1. The fourth-order valence-corrected chi connectivity index (χ4v) is 3.78. The highest BCUT2D eigenvalue weighted by molar-refractivity contribution is 5.59. The quantitative estimate of drug-likeness (QED) is 0.603. The van der Waals surface area contributed by atoms with E-state index in [0.29, 0.717) is 0 Å². The van der Waals surface area contributed by atoms with Gasteiger partial charge >= 0.3 is 0 Å². The Kier molecular flexibility index (Phi) is 6.74. The normalized spacial score (nSPS) is 13.8. The smallest absolute Gasteiger partial charge is 0.161 e. The molecule has 0 atom stereocenters. The van der Waals surface area contributed by atoms with Crippen LogP contribution in [0.3, 0.4) is 0 Å². The van der Waals surface area contributed by atoms with Gasteiger partial charge in [0.05, 0.1) is 12.8 Å². The Labute approximate surface area is 184 Å². The molecule has 7 nitrogen and oxygen atoms in total. The van der Waals surface area contributed by atoms with Crippen LogP contribution in [0.2, 0.25) is 0 Å². The second-order valence-electron chi connectivity index (χ2n) is 8.10. The third kappa shape index (κ3) is 5.37. The molecule has 3 heterocycles. The number of rotatable bonds is 8. The lowest BCUT2D eigenvalue weighted by Crippen LogP contribution is -2.32. The zero-order chi connectivity index (χ0) is 21.6. The van der Waals surface area contributed by atoms with Crippen LogP contribution in [-0.4, -0.2) is 65.6 Å². The van der Waals surface area contributed by atoms with Crippen LogP contribution in [0.4, 0.5) is 5.82 Å². The van der Waals surface area contributed by atoms with Crippen molar-refractivity contribution >= 4 is 5.82 Å². The maximum absolute atomic E-state index is 5.28. The molecule has 162 valence electrons. The molecule has 1 aromatic carbocycles. The zero-order valence-corrected chi connectivity index (χ0v) is 18.5. The van der Waals surface area contributed by atoms with Gasteiger partial charge in [0.2, 0.25) is 0 Å². The van der Waals surface area contributed by atoms with Crippen LogP contribution >= 0.6 is 0 Å². The Morgan fingerprint density at radius 1 is 1.06 bits per heavy atom. The van der Waals surface area contributed by atoms with E-state index in [9.17, 15) is 0 Å². The summed E-state index contributed by atoms with van der Waals surface area (Å²) in [5.41, 5.74) is 4.61. The summed E-state index contributed by atoms with van der Waals surface area (Å²) in [6.45, 7) is 4.49. The highest BCUT2D eigenvalue weighted by atomic mass is 16.5. The Morgan fingerprint density at radius 3 is 2.55 bits per heavy atom. The van der Waals surface area contributed by atoms with Crippen molar-refractivity contribution in [2.75, 3.05) is 46.2 Å². The number of hydrogen-bond donors (Lipinski definition) is 1. The van der Waals surface area contributed by atoms with Gasteiger partial charge in [0, 0.05) is 56.2 Å². The van der Waals surface area contributed by atoms with Crippen molar-refractivity contribution in [1.82, 2.24) is 24.8 Å². The lowest BCUT2D eigenvalue weighted by Gasteiger charge is -2.29. The van der Waals surface area contributed by atoms with Crippen molar-refractivity contribution in [3.63, 3.8) is 0 Å². The van der Waals surface area contributed by atoms with Gasteiger partial charge in [-0.25, -0.2) is 9.97 Å². The Bertz CT molecular complexity index is 991. The Hall–Kier alpha value is -3.03. The summed E-state index contributed by atoms with van der Waals surface area (Å²) in [6, 6.07) is 12.2. The molecule has 1 aliphatic heterocycles. The third-order valence-electron chi connectivity index (χ3n) is 5.50. The molecule has 0 aliphatic carbocycles. The summed E-state index contributed by atoms with van der Waals surface area (Å²) in [4.78, 5) is 18.6. The van der Waals surface area contributed by atoms with E-state index in [-0.39, 0.29) is 0 Å². The molecule has 0 unspecified atom stereocenters. The second-order valence-corrected chi connectivity index (χ2v) is 8.10. The number of benzene rings is 1. The third-order valence-corrected chi connectivity index (χ3v) is 5.50. The van der Waals surface area contributed by atoms with Gasteiger partial charge in [-0.1, -0.05) is 12.1 Å². The van der Waals surface area contributed by atoms with Gasteiger partial charge in [-0.3, -0.25) is 9.88 Å². The van der Waals surface area contributed by atoms with Crippen LogP contribution in [0.15, 0.2) is 48.8 Å². The summed E-state index contributed by atoms with van der Waals surface area (Å²) >= 11 is 0. The van der Waals surface area contributed by atoms with E-state index in [1.54, 1.807) is 19.5 Å². The van der Waals surface area contributed by atoms with Gasteiger partial charge in [-0.05, 0) is 50.3 Å². The summed E-state index contributed by atoms with van der Waals surface area (Å²) in [5.74, 6) is 2.60. The summed E-state index contributed by atoms with van der Waals surface area (Å²) in [7, 11) is 5.86. The number of likely N-dealkylation sites (N-methyl/N-ethyl adjacent to an activating group) is 1. The highest BCUT2D eigenvalue weighted by Crippen LogP contribution is 2.28. The van der Waals surface area contributed by atoms with E-state index >= 15 is 0 Å². The van der Waals surface area contributed by atoms with Crippen molar-refractivity contribution in [2.24, 2.45) is 0 Å². The molecule has 0 bridgehead atoms. The fourth-order valence-electron chi connectivity index (χ4n) is 3.78. The van der Waals surface area contributed by atoms with Crippen molar-refractivity contribution < 1.29 is 4.74 Å². The average Bonchev–Trinajstić information content (AvgIpc) is 2.79. The first-order valence-electron chi connectivity index (χ1n) is 10.7. The van der Waals surface area contributed by atoms with Gasteiger partial charge in [-0.2, -0.15) is 0 Å². The van der Waals surface area contributed by atoms with Crippen molar-refractivity contribution in [3.8, 4) is 17.1 Å². The Balaban J connectivity index is 1.57. The number of ether oxygens (including phenoxy) is 1. The van der Waals surface area contributed by atoms with E-state index in [4.69, 9.17) is 14.7 Å². The number of hydrogen-bond acceptors (Lipinski definition) is 7.